The lowest BCUT2D eigenvalue weighted by Crippen LogP contribution is -2.54. The highest BCUT2D eigenvalue weighted by atomic mass is 16.4. The van der Waals surface area contributed by atoms with Gasteiger partial charge >= 0.3 is 5.97 Å². The second kappa shape index (κ2) is 4.29. The van der Waals surface area contributed by atoms with Gasteiger partial charge in [-0.15, -0.1) is 6.42 Å². The monoisotopic (exact) mass is 182 g/mol. The number of piperidine rings is 1. The molecule has 1 aliphatic heterocycles. The molecule has 1 aliphatic rings. The van der Waals surface area contributed by atoms with Gasteiger partial charge in [0.2, 0.25) is 0 Å². The number of nitrogens with zero attached hydrogens (tertiary/aromatic N) is 1. The summed E-state index contributed by atoms with van der Waals surface area (Å²) in [7, 11) is 0. The van der Waals surface area contributed by atoms with E-state index in [0.717, 1.165) is 25.9 Å². The van der Waals surface area contributed by atoms with Gasteiger partial charge in [-0.3, -0.25) is 0 Å². The number of aliphatic carboxylic acids is 1. The standard InChI is InChI=1S/C10H15NO2/c1-2-6-11(9-10(12)13)7-4-3-5-8-11/h1H,3-9H2/p+1. The largest absolute Gasteiger partial charge is 0.477 e. The van der Waals surface area contributed by atoms with E-state index >= 15 is 0 Å². The van der Waals surface area contributed by atoms with Gasteiger partial charge in [-0.2, -0.15) is 0 Å². The van der Waals surface area contributed by atoms with Crippen LogP contribution < -0.4 is 0 Å². The van der Waals surface area contributed by atoms with E-state index in [1.165, 1.54) is 6.42 Å². The van der Waals surface area contributed by atoms with Crippen molar-refractivity contribution in [2.45, 2.75) is 19.3 Å². The van der Waals surface area contributed by atoms with Gasteiger partial charge in [0.1, 0.15) is 6.54 Å². The lowest BCUT2D eigenvalue weighted by molar-refractivity contribution is -0.919. The molecular weight excluding hydrogens is 166 g/mol. The van der Waals surface area contributed by atoms with Gasteiger partial charge in [-0.05, 0) is 25.2 Å². The van der Waals surface area contributed by atoms with E-state index in [1.54, 1.807) is 0 Å². The van der Waals surface area contributed by atoms with Gasteiger partial charge in [0.05, 0.1) is 13.1 Å². The van der Waals surface area contributed by atoms with Crippen LogP contribution in [-0.4, -0.2) is 41.7 Å². The molecule has 1 heterocycles. The lowest BCUT2D eigenvalue weighted by atomic mass is 10.1. The number of hydrogen-bond donors (Lipinski definition) is 1. The molecule has 0 aromatic rings. The van der Waals surface area contributed by atoms with Gasteiger partial charge in [-0.1, -0.05) is 0 Å². The summed E-state index contributed by atoms with van der Waals surface area (Å²) in [5.74, 6) is 1.85. The smallest absolute Gasteiger partial charge is 0.359 e. The minimum Gasteiger partial charge on any atom is -0.477 e. The van der Waals surface area contributed by atoms with Gasteiger partial charge in [0.15, 0.2) is 6.54 Å². The third kappa shape index (κ3) is 2.74. The van der Waals surface area contributed by atoms with Crippen molar-refractivity contribution in [3.05, 3.63) is 0 Å². The van der Waals surface area contributed by atoms with Crippen molar-refractivity contribution in [2.75, 3.05) is 26.2 Å². The summed E-state index contributed by atoms with van der Waals surface area (Å²) in [4.78, 5) is 10.7. The zero-order valence-corrected chi connectivity index (χ0v) is 7.83. The maximum Gasteiger partial charge on any atom is 0.359 e. The van der Waals surface area contributed by atoms with Crippen LogP contribution in [0.25, 0.3) is 0 Å². The van der Waals surface area contributed by atoms with Gasteiger partial charge in [0.25, 0.3) is 0 Å². The van der Waals surface area contributed by atoms with E-state index in [0.29, 0.717) is 11.0 Å². The summed E-state index contributed by atoms with van der Waals surface area (Å²) in [5, 5.41) is 8.77. The fourth-order valence-electron chi connectivity index (χ4n) is 2.04. The summed E-state index contributed by atoms with van der Waals surface area (Å²) < 4.78 is 0.589. The van der Waals surface area contributed by atoms with Gasteiger partial charge in [-0.25, -0.2) is 4.79 Å². The Morgan fingerprint density at radius 3 is 2.46 bits per heavy atom. The molecule has 0 aromatic carbocycles. The first kappa shape index (κ1) is 10.1. The predicted octanol–water partition coefficient (Wildman–Crippen LogP) is 0.705. The maximum atomic E-state index is 10.7. The van der Waals surface area contributed by atoms with Crippen LogP contribution in [0.15, 0.2) is 0 Å². The van der Waals surface area contributed by atoms with E-state index in [1.807, 2.05) is 0 Å². The average molecular weight is 182 g/mol. The number of carboxylic acids is 1. The van der Waals surface area contributed by atoms with Crippen molar-refractivity contribution >= 4 is 5.97 Å². The molecule has 13 heavy (non-hydrogen) atoms. The van der Waals surface area contributed by atoms with E-state index < -0.39 is 5.97 Å². The normalized spacial score (nSPS) is 20.5. The second-order valence-electron chi connectivity index (χ2n) is 3.76. The molecule has 0 saturated carbocycles. The maximum absolute atomic E-state index is 10.7. The molecule has 0 bridgehead atoms. The number of hydrogen-bond acceptors (Lipinski definition) is 1. The molecule has 0 amide bonds. The highest BCUT2D eigenvalue weighted by molar-refractivity contribution is 5.68. The molecule has 0 unspecified atom stereocenters. The molecule has 1 N–H and O–H groups in total. The third-order valence-electron chi connectivity index (χ3n) is 2.66. The molecular formula is C10H16NO2+. The molecule has 0 aliphatic carbocycles. The Morgan fingerprint density at radius 2 is 2.00 bits per heavy atom. The molecule has 1 fully saturated rings. The summed E-state index contributed by atoms with van der Waals surface area (Å²) in [6.07, 6.45) is 8.69. The first-order valence-corrected chi connectivity index (χ1v) is 4.69. The zero-order valence-electron chi connectivity index (χ0n) is 7.83. The van der Waals surface area contributed by atoms with Crippen LogP contribution in [-0.2, 0) is 4.79 Å². The SMILES string of the molecule is C#CC[N+]1(CC(=O)O)CCCCC1. The Labute approximate surface area is 78.9 Å². The molecule has 0 spiro atoms. The Balaban J connectivity index is 2.62. The van der Waals surface area contributed by atoms with E-state index in [9.17, 15) is 4.79 Å². The van der Waals surface area contributed by atoms with Gasteiger partial charge in [0, 0.05) is 0 Å². The number of likely N-dealkylation sites (tertiary alicyclic amines) is 1. The van der Waals surface area contributed by atoms with E-state index in [-0.39, 0.29) is 6.54 Å². The number of terminal acetylenes is 1. The van der Waals surface area contributed by atoms with Crippen LogP contribution in [0.2, 0.25) is 0 Å². The van der Waals surface area contributed by atoms with Crippen molar-refractivity contribution in [1.29, 1.82) is 0 Å². The number of rotatable bonds is 3. The van der Waals surface area contributed by atoms with Crippen molar-refractivity contribution in [3.63, 3.8) is 0 Å². The third-order valence-corrected chi connectivity index (χ3v) is 2.66. The fraction of sp³-hybridized carbons (Fsp3) is 0.700. The second-order valence-corrected chi connectivity index (χ2v) is 3.76. The van der Waals surface area contributed by atoms with Crippen LogP contribution in [0.5, 0.6) is 0 Å². The molecule has 3 nitrogen and oxygen atoms in total. The fourth-order valence-corrected chi connectivity index (χ4v) is 2.04. The first-order chi connectivity index (χ1) is 6.18. The number of carbonyl (C=O) groups is 1. The van der Waals surface area contributed by atoms with E-state index in [4.69, 9.17) is 11.5 Å². The van der Waals surface area contributed by atoms with Crippen molar-refractivity contribution in [2.24, 2.45) is 0 Å². The minimum absolute atomic E-state index is 0.185. The topological polar surface area (TPSA) is 37.3 Å². The van der Waals surface area contributed by atoms with Crippen molar-refractivity contribution in [1.82, 2.24) is 0 Å². The Morgan fingerprint density at radius 1 is 1.38 bits per heavy atom. The molecule has 0 aromatic heterocycles. The molecule has 72 valence electrons. The Hall–Kier alpha value is -1.01. The van der Waals surface area contributed by atoms with Crippen molar-refractivity contribution < 1.29 is 14.4 Å². The van der Waals surface area contributed by atoms with Crippen LogP contribution >= 0.6 is 0 Å². The summed E-state index contributed by atoms with van der Waals surface area (Å²) in [6, 6.07) is 0. The number of carboxylic acid groups (broad SMARTS) is 1. The predicted molar refractivity (Wildman–Crippen MR) is 50.0 cm³/mol. The summed E-state index contributed by atoms with van der Waals surface area (Å²) >= 11 is 0. The average Bonchev–Trinajstić information content (AvgIpc) is 2.04. The van der Waals surface area contributed by atoms with Crippen molar-refractivity contribution in [3.8, 4) is 12.3 Å². The highest BCUT2D eigenvalue weighted by Gasteiger charge is 2.31. The zero-order chi connectivity index (χ0) is 9.73. The number of quaternary nitrogens is 1. The van der Waals surface area contributed by atoms with E-state index in [2.05, 4.69) is 5.92 Å². The van der Waals surface area contributed by atoms with Crippen LogP contribution in [0.3, 0.4) is 0 Å². The molecule has 1 rings (SSSR count). The molecule has 1 saturated heterocycles. The highest BCUT2D eigenvalue weighted by Crippen LogP contribution is 2.17. The minimum atomic E-state index is -0.739. The van der Waals surface area contributed by atoms with Crippen LogP contribution in [0.4, 0.5) is 0 Å². The summed E-state index contributed by atoms with van der Waals surface area (Å²) in [5.41, 5.74) is 0. The summed E-state index contributed by atoms with van der Waals surface area (Å²) in [6.45, 7) is 2.60. The molecule has 0 radical (unpaired) electrons. The van der Waals surface area contributed by atoms with Crippen LogP contribution in [0.1, 0.15) is 19.3 Å². The molecule has 3 heteroatoms. The van der Waals surface area contributed by atoms with Gasteiger partial charge < -0.3 is 9.59 Å². The first-order valence-electron chi connectivity index (χ1n) is 4.69. The van der Waals surface area contributed by atoms with Crippen LogP contribution in [0, 0.1) is 12.3 Å². The Kier molecular flexibility index (Phi) is 3.32. The molecule has 0 atom stereocenters. The quantitative estimate of drug-likeness (QED) is 0.515. The Bertz CT molecular complexity index is 224. The lowest BCUT2D eigenvalue weighted by Gasteiger charge is -2.38.